The molecular formula is C20H26ClN3O3S. The third kappa shape index (κ3) is 5.47. The molecule has 4 N–H and O–H groups in total. The van der Waals surface area contributed by atoms with Crippen LogP contribution in [-0.4, -0.2) is 26.9 Å². The molecule has 3 rings (SSSR count). The second-order valence-corrected chi connectivity index (χ2v) is 8.54. The topological polar surface area (TPSA) is 101 Å². The molecule has 0 aromatic heterocycles. The summed E-state index contributed by atoms with van der Waals surface area (Å²) in [4.78, 5) is 12.8. The van der Waals surface area contributed by atoms with Gasteiger partial charge in [-0.15, -0.1) is 12.4 Å². The van der Waals surface area contributed by atoms with Crippen molar-refractivity contribution in [2.75, 3.05) is 11.3 Å². The summed E-state index contributed by atoms with van der Waals surface area (Å²) >= 11 is 0. The van der Waals surface area contributed by atoms with Crippen molar-refractivity contribution >= 4 is 34.0 Å². The Balaban J connectivity index is 0.00000280. The van der Waals surface area contributed by atoms with Gasteiger partial charge in [0.2, 0.25) is 0 Å². The number of nitrogens with two attached hydrogens (primary N) is 1. The van der Waals surface area contributed by atoms with E-state index in [9.17, 15) is 13.2 Å². The molecule has 28 heavy (non-hydrogen) atoms. The second kappa shape index (κ2) is 9.91. The molecule has 0 radical (unpaired) electrons. The highest BCUT2D eigenvalue weighted by atomic mass is 35.5. The fourth-order valence-corrected chi connectivity index (χ4v) is 4.54. The van der Waals surface area contributed by atoms with Crippen molar-refractivity contribution in [3.63, 3.8) is 0 Å². The highest BCUT2D eigenvalue weighted by Gasteiger charge is 2.25. The van der Waals surface area contributed by atoms with Crippen LogP contribution in [0, 0.1) is 5.92 Å². The summed E-state index contributed by atoms with van der Waals surface area (Å²) in [6.45, 7) is 0.557. The molecule has 1 amide bonds. The van der Waals surface area contributed by atoms with E-state index in [2.05, 4.69) is 10.0 Å². The maximum atomic E-state index is 12.6. The first-order valence-corrected chi connectivity index (χ1v) is 10.7. The van der Waals surface area contributed by atoms with Crippen LogP contribution in [0.3, 0.4) is 0 Å². The van der Waals surface area contributed by atoms with E-state index in [-0.39, 0.29) is 29.3 Å². The zero-order chi connectivity index (χ0) is 19.3. The van der Waals surface area contributed by atoms with E-state index in [1.807, 2.05) is 0 Å². The van der Waals surface area contributed by atoms with Crippen LogP contribution in [0.2, 0.25) is 0 Å². The Labute approximate surface area is 172 Å². The number of amides is 1. The average Bonchev–Trinajstić information content (AvgIpc) is 2.69. The lowest BCUT2D eigenvalue weighted by atomic mass is 9.84. The minimum Gasteiger partial charge on any atom is -0.349 e. The van der Waals surface area contributed by atoms with E-state index in [0.29, 0.717) is 23.7 Å². The molecule has 1 fully saturated rings. The number of rotatable bonds is 6. The van der Waals surface area contributed by atoms with Gasteiger partial charge in [0.05, 0.1) is 4.90 Å². The first-order chi connectivity index (χ1) is 13.0. The van der Waals surface area contributed by atoms with Crippen molar-refractivity contribution < 1.29 is 13.2 Å². The monoisotopic (exact) mass is 423 g/mol. The molecule has 6 nitrogen and oxygen atoms in total. The summed E-state index contributed by atoms with van der Waals surface area (Å²) in [6, 6.07) is 14.7. The van der Waals surface area contributed by atoms with Crippen LogP contribution in [-0.2, 0) is 10.0 Å². The molecule has 1 saturated carbocycles. The Morgan fingerprint density at radius 1 is 1.04 bits per heavy atom. The molecule has 0 aliphatic heterocycles. The molecule has 2 aromatic carbocycles. The molecule has 152 valence electrons. The maximum Gasteiger partial charge on any atom is 0.261 e. The molecule has 2 aromatic rings. The molecule has 0 bridgehead atoms. The number of carbonyl (C=O) groups excluding carboxylic acids is 1. The summed E-state index contributed by atoms with van der Waals surface area (Å²) in [5, 5.41) is 3.06. The zero-order valence-electron chi connectivity index (χ0n) is 15.5. The minimum absolute atomic E-state index is 0. The van der Waals surface area contributed by atoms with Crippen LogP contribution in [0.4, 0.5) is 5.69 Å². The van der Waals surface area contributed by atoms with E-state index < -0.39 is 10.0 Å². The molecule has 0 spiro atoms. The van der Waals surface area contributed by atoms with Crippen molar-refractivity contribution in [2.24, 2.45) is 11.7 Å². The number of hydrogen-bond donors (Lipinski definition) is 3. The van der Waals surface area contributed by atoms with Crippen LogP contribution < -0.4 is 15.8 Å². The van der Waals surface area contributed by atoms with Crippen molar-refractivity contribution in [1.29, 1.82) is 0 Å². The average molecular weight is 424 g/mol. The number of carbonyl (C=O) groups is 1. The van der Waals surface area contributed by atoms with Gasteiger partial charge >= 0.3 is 0 Å². The van der Waals surface area contributed by atoms with Gasteiger partial charge < -0.3 is 11.1 Å². The standard InChI is InChI=1S/C20H25N3O3S.ClH/c21-14-16-7-4-5-12-19(16)22-20(24)15-8-6-9-17(13-15)23-27(25,26)18-10-2-1-3-11-18;/h1-3,6,8-11,13,16,19,23H,4-5,7,12,14,21H2,(H,22,24);1H. The van der Waals surface area contributed by atoms with Crippen molar-refractivity contribution in [3.8, 4) is 0 Å². The van der Waals surface area contributed by atoms with Crippen LogP contribution >= 0.6 is 12.4 Å². The van der Waals surface area contributed by atoms with E-state index in [1.54, 1.807) is 42.5 Å². The number of hydrogen-bond acceptors (Lipinski definition) is 4. The molecule has 2 unspecified atom stereocenters. The highest BCUT2D eigenvalue weighted by Crippen LogP contribution is 2.24. The molecule has 0 heterocycles. The lowest BCUT2D eigenvalue weighted by Gasteiger charge is -2.31. The van der Waals surface area contributed by atoms with Crippen LogP contribution in [0.5, 0.6) is 0 Å². The van der Waals surface area contributed by atoms with Crippen molar-refractivity contribution in [1.82, 2.24) is 5.32 Å². The normalized spacial score (nSPS) is 19.3. The number of nitrogens with one attached hydrogen (secondary N) is 2. The number of anilines is 1. The van der Waals surface area contributed by atoms with Gasteiger partial charge in [-0.2, -0.15) is 0 Å². The summed E-state index contributed by atoms with van der Waals surface area (Å²) in [6.07, 6.45) is 4.18. The largest absolute Gasteiger partial charge is 0.349 e. The van der Waals surface area contributed by atoms with Gasteiger partial charge in [0, 0.05) is 17.3 Å². The Kier molecular flexibility index (Phi) is 7.86. The molecule has 8 heteroatoms. The molecule has 2 atom stereocenters. The lowest BCUT2D eigenvalue weighted by molar-refractivity contribution is 0.0908. The fourth-order valence-electron chi connectivity index (χ4n) is 3.47. The molecule has 1 aliphatic carbocycles. The van der Waals surface area contributed by atoms with Gasteiger partial charge in [0.1, 0.15) is 0 Å². The summed E-state index contributed by atoms with van der Waals surface area (Å²) in [5.74, 6) is 0.0866. The smallest absolute Gasteiger partial charge is 0.261 e. The van der Waals surface area contributed by atoms with Gasteiger partial charge in [-0.05, 0) is 55.6 Å². The number of sulfonamides is 1. The lowest BCUT2D eigenvalue weighted by Crippen LogP contribution is -2.44. The minimum atomic E-state index is -3.69. The Bertz CT molecular complexity index is 891. The van der Waals surface area contributed by atoms with Gasteiger partial charge in [-0.3, -0.25) is 9.52 Å². The van der Waals surface area contributed by atoms with Crippen LogP contribution in [0.1, 0.15) is 36.0 Å². The molecular weight excluding hydrogens is 398 g/mol. The van der Waals surface area contributed by atoms with Gasteiger partial charge in [-0.25, -0.2) is 8.42 Å². The summed E-state index contributed by atoms with van der Waals surface area (Å²) < 4.78 is 27.4. The molecule has 0 saturated heterocycles. The zero-order valence-corrected chi connectivity index (χ0v) is 17.1. The number of benzene rings is 2. The fraction of sp³-hybridized carbons (Fsp3) is 0.350. The first kappa shape index (κ1) is 22.2. The summed E-state index contributed by atoms with van der Waals surface area (Å²) in [7, 11) is -3.69. The third-order valence-corrected chi connectivity index (χ3v) is 6.36. The highest BCUT2D eigenvalue weighted by molar-refractivity contribution is 7.92. The van der Waals surface area contributed by atoms with E-state index in [0.717, 1.165) is 25.7 Å². The van der Waals surface area contributed by atoms with Crippen LogP contribution in [0.25, 0.3) is 0 Å². The van der Waals surface area contributed by atoms with E-state index >= 15 is 0 Å². The quantitative estimate of drug-likeness (QED) is 0.664. The van der Waals surface area contributed by atoms with E-state index in [1.165, 1.54) is 12.1 Å². The van der Waals surface area contributed by atoms with E-state index in [4.69, 9.17) is 5.73 Å². The number of halogens is 1. The SMILES string of the molecule is Cl.NCC1CCCCC1NC(=O)c1cccc(NS(=O)(=O)c2ccccc2)c1. The Morgan fingerprint density at radius 3 is 2.46 bits per heavy atom. The molecule has 1 aliphatic rings. The van der Waals surface area contributed by atoms with Gasteiger partial charge in [0.15, 0.2) is 0 Å². The predicted octanol–water partition coefficient (Wildman–Crippen LogP) is 3.16. The van der Waals surface area contributed by atoms with Crippen LogP contribution in [0.15, 0.2) is 59.5 Å². The summed E-state index contributed by atoms with van der Waals surface area (Å²) in [5.41, 5.74) is 6.60. The second-order valence-electron chi connectivity index (χ2n) is 6.86. The van der Waals surface area contributed by atoms with Crippen molar-refractivity contribution in [2.45, 2.75) is 36.6 Å². The maximum absolute atomic E-state index is 12.6. The first-order valence-electron chi connectivity index (χ1n) is 9.18. The Morgan fingerprint density at radius 2 is 1.75 bits per heavy atom. The third-order valence-electron chi connectivity index (χ3n) is 4.96. The van der Waals surface area contributed by atoms with Gasteiger partial charge in [-0.1, -0.05) is 37.1 Å². The van der Waals surface area contributed by atoms with Crippen molar-refractivity contribution in [3.05, 3.63) is 60.2 Å². The predicted molar refractivity (Wildman–Crippen MR) is 113 cm³/mol. The van der Waals surface area contributed by atoms with Gasteiger partial charge in [0.25, 0.3) is 15.9 Å². The Hall–Kier alpha value is -2.09.